The number of nitrogens with zero attached hydrogens (tertiary/aromatic N) is 2. The molecule has 1 amide bonds. The van der Waals surface area contributed by atoms with Crippen LogP contribution in [0.3, 0.4) is 0 Å². The normalized spacial score (nSPS) is 19.1. The number of furan rings is 1. The third-order valence-corrected chi connectivity index (χ3v) is 5.76. The number of fused-ring (bicyclic) bond motifs is 1. The second-order valence-electron chi connectivity index (χ2n) is 7.86. The van der Waals surface area contributed by atoms with E-state index < -0.39 is 0 Å². The molecule has 6 heteroatoms. The maximum atomic E-state index is 12.4. The lowest BCUT2D eigenvalue weighted by Crippen LogP contribution is -2.46. The highest BCUT2D eigenvalue weighted by molar-refractivity contribution is 5.85. The highest BCUT2D eigenvalue weighted by atomic mass is 16.3. The summed E-state index contributed by atoms with van der Waals surface area (Å²) in [5.41, 5.74) is 2.85. The fourth-order valence-electron chi connectivity index (χ4n) is 4.14. The van der Waals surface area contributed by atoms with E-state index in [0.717, 1.165) is 57.4 Å². The van der Waals surface area contributed by atoms with Crippen LogP contribution in [-0.2, 0) is 24.1 Å². The largest absolute Gasteiger partial charge is 0.469 e. The summed E-state index contributed by atoms with van der Waals surface area (Å²) in [6.45, 7) is 2.63. The number of hydrogen-bond acceptors (Lipinski definition) is 3. The number of carbonyl (C=O) groups excluding carboxylic acids is 1. The lowest BCUT2D eigenvalue weighted by Gasteiger charge is -2.27. The first-order valence-electron chi connectivity index (χ1n) is 10.7. The van der Waals surface area contributed by atoms with E-state index in [0.29, 0.717) is 18.5 Å². The highest BCUT2D eigenvalue weighted by Crippen LogP contribution is 2.21. The van der Waals surface area contributed by atoms with Crippen LogP contribution < -0.4 is 10.6 Å². The van der Waals surface area contributed by atoms with E-state index in [1.165, 1.54) is 11.1 Å². The van der Waals surface area contributed by atoms with Gasteiger partial charge in [0.05, 0.1) is 6.26 Å². The molecule has 154 valence electrons. The Morgan fingerprint density at radius 2 is 1.97 bits per heavy atom. The molecule has 0 radical (unpaired) electrons. The van der Waals surface area contributed by atoms with Gasteiger partial charge in [0.25, 0.3) is 0 Å². The first-order valence-corrected chi connectivity index (χ1v) is 10.7. The Morgan fingerprint density at radius 1 is 1.14 bits per heavy atom. The first-order chi connectivity index (χ1) is 14.3. The standard InChI is InChI=1S/C23H30N4O2/c28-22(27-13-3-4-14-27)17-25-23(24-12-11-21-8-5-15-29-21)26-20-10-9-18-6-1-2-7-19(18)16-20/h1-2,5-8,15,20H,3-4,9-14,16-17H2,(H2,24,25,26). The van der Waals surface area contributed by atoms with Crippen LogP contribution >= 0.6 is 0 Å². The van der Waals surface area contributed by atoms with E-state index in [1.807, 2.05) is 17.0 Å². The zero-order chi connectivity index (χ0) is 19.9. The van der Waals surface area contributed by atoms with E-state index >= 15 is 0 Å². The molecule has 2 aliphatic rings. The van der Waals surface area contributed by atoms with E-state index in [4.69, 9.17) is 4.42 Å². The minimum absolute atomic E-state index is 0.114. The molecular formula is C23H30N4O2. The van der Waals surface area contributed by atoms with Gasteiger partial charge in [0, 0.05) is 32.1 Å². The molecule has 1 aliphatic heterocycles. The lowest BCUT2D eigenvalue weighted by atomic mass is 9.88. The second kappa shape index (κ2) is 9.63. The Bertz CT molecular complexity index is 825. The van der Waals surface area contributed by atoms with Crippen LogP contribution in [0.4, 0.5) is 0 Å². The van der Waals surface area contributed by atoms with Gasteiger partial charge in [0.1, 0.15) is 12.3 Å². The van der Waals surface area contributed by atoms with E-state index in [9.17, 15) is 4.79 Å². The third-order valence-electron chi connectivity index (χ3n) is 5.76. The number of aryl methyl sites for hydroxylation is 1. The number of likely N-dealkylation sites (tertiary alicyclic amines) is 1. The Hall–Kier alpha value is -2.76. The molecule has 1 aromatic carbocycles. The van der Waals surface area contributed by atoms with Gasteiger partial charge in [-0.1, -0.05) is 24.3 Å². The first kappa shape index (κ1) is 19.6. The average molecular weight is 395 g/mol. The molecule has 1 atom stereocenters. The number of amides is 1. The smallest absolute Gasteiger partial charge is 0.244 e. The van der Waals surface area contributed by atoms with E-state index in [-0.39, 0.29) is 12.5 Å². The maximum absolute atomic E-state index is 12.4. The molecule has 0 saturated carbocycles. The van der Waals surface area contributed by atoms with Crippen LogP contribution in [0.15, 0.2) is 52.1 Å². The monoisotopic (exact) mass is 394 g/mol. The quantitative estimate of drug-likeness (QED) is 0.584. The summed E-state index contributed by atoms with van der Waals surface area (Å²) in [6.07, 6.45) is 7.79. The SMILES string of the molecule is O=C(CN=C(NCCc1ccco1)NC1CCc2ccccc2C1)N1CCCC1. The fourth-order valence-corrected chi connectivity index (χ4v) is 4.14. The second-order valence-corrected chi connectivity index (χ2v) is 7.86. The van der Waals surface area contributed by atoms with Crippen molar-refractivity contribution in [2.75, 3.05) is 26.2 Å². The predicted molar refractivity (Wildman–Crippen MR) is 114 cm³/mol. The molecule has 2 aromatic rings. The summed E-state index contributed by atoms with van der Waals surface area (Å²) in [4.78, 5) is 18.9. The van der Waals surface area contributed by atoms with Crippen molar-refractivity contribution in [2.45, 2.75) is 44.6 Å². The topological polar surface area (TPSA) is 69.9 Å². The van der Waals surface area contributed by atoms with Crippen molar-refractivity contribution in [3.8, 4) is 0 Å². The van der Waals surface area contributed by atoms with Crippen molar-refractivity contribution in [3.05, 3.63) is 59.5 Å². The molecule has 1 unspecified atom stereocenters. The van der Waals surface area contributed by atoms with Crippen molar-refractivity contribution >= 4 is 11.9 Å². The average Bonchev–Trinajstić information content (AvgIpc) is 3.46. The number of aliphatic imine (C=N–C) groups is 1. The summed E-state index contributed by atoms with van der Waals surface area (Å²) in [7, 11) is 0. The Balaban J connectivity index is 1.36. The minimum atomic E-state index is 0.114. The fraction of sp³-hybridized carbons (Fsp3) is 0.478. The van der Waals surface area contributed by atoms with Crippen LogP contribution in [0.2, 0.25) is 0 Å². The van der Waals surface area contributed by atoms with Gasteiger partial charge in [0.15, 0.2) is 5.96 Å². The van der Waals surface area contributed by atoms with Gasteiger partial charge in [-0.3, -0.25) is 4.79 Å². The Kier molecular flexibility index (Phi) is 6.49. The zero-order valence-corrected chi connectivity index (χ0v) is 16.9. The molecule has 1 aliphatic carbocycles. The Labute approximate surface area is 172 Å². The molecule has 6 nitrogen and oxygen atoms in total. The van der Waals surface area contributed by atoms with Gasteiger partial charge in [0.2, 0.25) is 5.91 Å². The molecule has 1 saturated heterocycles. The minimum Gasteiger partial charge on any atom is -0.469 e. The van der Waals surface area contributed by atoms with Gasteiger partial charge < -0.3 is 20.0 Å². The summed E-state index contributed by atoms with van der Waals surface area (Å²) in [5, 5.41) is 6.94. The van der Waals surface area contributed by atoms with Gasteiger partial charge >= 0.3 is 0 Å². The Morgan fingerprint density at radius 3 is 2.76 bits per heavy atom. The molecule has 0 bridgehead atoms. The maximum Gasteiger partial charge on any atom is 0.244 e. The van der Waals surface area contributed by atoms with Gasteiger partial charge in [-0.15, -0.1) is 0 Å². The van der Waals surface area contributed by atoms with Crippen LogP contribution in [0, 0.1) is 0 Å². The van der Waals surface area contributed by atoms with Gasteiger partial charge in [-0.05, 0) is 55.4 Å². The van der Waals surface area contributed by atoms with E-state index in [2.05, 4.69) is 39.9 Å². The number of benzene rings is 1. The summed E-state index contributed by atoms with van der Waals surface area (Å²) in [6, 6.07) is 12.8. The molecule has 29 heavy (non-hydrogen) atoms. The van der Waals surface area contributed by atoms with Crippen molar-refractivity contribution in [2.24, 2.45) is 4.99 Å². The van der Waals surface area contributed by atoms with Gasteiger partial charge in [-0.25, -0.2) is 4.99 Å². The van der Waals surface area contributed by atoms with Crippen LogP contribution in [0.25, 0.3) is 0 Å². The molecule has 1 fully saturated rings. The van der Waals surface area contributed by atoms with Crippen molar-refractivity contribution in [3.63, 3.8) is 0 Å². The van der Waals surface area contributed by atoms with Crippen LogP contribution in [0.5, 0.6) is 0 Å². The summed E-state index contributed by atoms with van der Waals surface area (Å²) in [5.74, 6) is 1.77. The zero-order valence-electron chi connectivity index (χ0n) is 16.9. The lowest BCUT2D eigenvalue weighted by molar-refractivity contribution is -0.128. The van der Waals surface area contributed by atoms with Crippen molar-refractivity contribution in [1.29, 1.82) is 0 Å². The van der Waals surface area contributed by atoms with Crippen LogP contribution in [0.1, 0.15) is 36.1 Å². The van der Waals surface area contributed by atoms with E-state index in [1.54, 1.807) is 6.26 Å². The molecule has 4 rings (SSSR count). The highest BCUT2D eigenvalue weighted by Gasteiger charge is 2.20. The predicted octanol–water partition coefficient (Wildman–Crippen LogP) is 2.54. The van der Waals surface area contributed by atoms with Crippen molar-refractivity contribution < 1.29 is 9.21 Å². The number of rotatable bonds is 6. The molecular weight excluding hydrogens is 364 g/mol. The third kappa shape index (κ3) is 5.40. The molecule has 2 heterocycles. The number of guanidine groups is 1. The summed E-state index contributed by atoms with van der Waals surface area (Å²) >= 11 is 0. The molecule has 0 spiro atoms. The summed E-state index contributed by atoms with van der Waals surface area (Å²) < 4.78 is 5.41. The number of carbonyl (C=O) groups is 1. The number of hydrogen-bond donors (Lipinski definition) is 2. The van der Waals surface area contributed by atoms with Crippen molar-refractivity contribution in [1.82, 2.24) is 15.5 Å². The van der Waals surface area contributed by atoms with Gasteiger partial charge in [-0.2, -0.15) is 0 Å². The molecule has 1 aromatic heterocycles. The van der Waals surface area contributed by atoms with Crippen LogP contribution in [-0.4, -0.2) is 49.0 Å². The number of nitrogens with one attached hydrogen (secondary N) is 2. The molecule has 2 N–H and O–H groups in total.